The fourth-order valence-corrected chi connectivity index (χ4v) is 14.2. The third-order valence-corrected chi connectivity index (χ3v) is 14.6. The Balaban J connectivity index is 2.44. The molecule has 0 unspecified atom stereocenters. The average Bonchev–Trinajstić information content (AvgIpc) is 3.10. The first kappa shape index (κ1) is 25.9. The molecular weight excluding hydrogens is 397 g/mol. The lowest BCUT2D eigenvalue weighted by Gasteiger charge is -2.45. The van der Waals surface area contributed by atoms with Crippen LogP contribution in [0.3, 0.4) is 0 Å². The Morgan fingerprint density at radius 2 is 0.690 bits per heavy atom. The lowest BCUT2D eigenvalue weighted by Crippen LogP contribution is -2.52. The number of hydrogen-bond donors (Lipinski definition) is 0. The van der Waals surface area contributed by atoms with Crippen LogP contribution in [0.1, 0.15) is 41.5 Å². The van der Waals surface area contributed by atoms with Gasteiger partial charge in [0.2, 0.25) is 0 Å². The highest BCUT2D eigenvalue weighted by atomic mass is 28.3. The van der Waals surface area contributed by atoms with E-state index in [2.05, 4.69) is 120 Å². The zero-order valence-electron chi connectivity index (χ0n) is 21.8. The quantitative estimate of drug-likeness (QED) is 0.388. The molecule has 2 rings (SSSR count). The van der Waals surface area contributed by atoms with Crippen molar-refractivity contribution in [3.05, 3.63) is 59.7 Å². The van der Waals surface area contributed by atoms with Crippen LogP contribution in [0.4, 0.5) is 0 Å². The molecule has 0 amide bonds. The molecule has 3 heteroatoms. The molecule has 2 aliphatic carbocycles. The first-order valence-corrected chi connectivity index (χ1v) is 21.3. The van der Waals surface area contributed by atoms with Crippen LogP contribution in [0, 0.1) is 70.5 Å². The standard InChI is InChI=1S/C26H46Si3/c1-25(2,3)19-15-21(27(7,8)9)23(17-19)29(13,14)24-18-20(26(4,5)6)16-22(24)28(10,11)12/h15-18H,1-14H3. The zero-order chi connectivity index (χ0) is 22.8. The van der Waals surface area contributed by atoms with Gasteiger partial charge in [-0.2, -0.15) is 0 Å². The summed E-state index contributed by atoms with van der Waals surface area (Å²) in [6.07, 6.45) is 10.4. The van der Waals surface area contributed by atoms with E-state index in [4.69, 9.17) is 0 Å². The Bertz CT molecular complexity index is 515. The van der Waals surface area contributed by atoms with Gasteiger partial charge in [-0.05, 0) is 70.5 Å². The summed E-state index contributed by atoms with van der Waals surface area (Å²) in [7, 11) is -4.66. The first-order chi connectivity index (χ1) is 12.7. The van der Waals surface area contributed by atoms with E-state index in [9.17, 15) is 0 Å². The summed E-state index contributed by atoms with van der Waals surface area (Å²) in [6.45, 7) is 34.5. The van der Waals surface area contributed by atoms with Crippen molar-refractivity contribution >= 4 is 24.2 Å². The molecule has 2 saturated carbocycles. The van der Waals surface area contributed by atoms with Gasteiger partial charge in [0.05, 0.1) is 24.2 Å². The van der Waals surface area contributed by atoms with Crippen LogP contribution in [-0.2, 0) is 0 Å². The molecule has 162 valence electrons. The topological polar surface area (TPSA) is 0 Å². The Hall–Kier alpha value is 0.651. The Morgan fingerprint density at radius 1 is 0.448 bits per heavy atom. The molecule has 0 aliphatic heterocycles. The summed E-state index contributed by atoms with van der Waals surface area (Å²) in [6, 6.07) is 0. The summed E-state index contributed by atoms with van der Waals surface area (Å²) in [5.74, 6) is 3.06. The van der Waals surface area contributed by atoms with E-state index < -0.39 is 24.2 Å². The highest BCUT2D eigenvalue weighted by Gasteiger charge is 2.59. The Morgan fingerprint density at radius 3 is 0.897 bits per heavy atom. The van der Waals surface area contributed by atoms with E-state index in [0.717, 1.165) is 0 Å². The van der Waals surface area contributed by atoms with Gasteiger partial charge in [0.15, 0.2) is 0 Å². The second kappa shape index (κ2) is 7.90. The first-order valence-electron chi connectivity index (χ1n) is 11.3. The predicted molar refractivity (Wildman–Crippen MR) is 140 cm³/mol. The molecule has 10 radical (unpaired) electrons. The van der Waals surface area contributed by atoms with Gasteiger partial charge in [0.25, 0.3) is 0 Å². The molecule has 2 aliphatic rings. The third kappa shape index (κ3) is 5.53. The van der Waals surface area contributed by atoms with E-state index in [1.54, 1.807) is 22.2 Å². The summed E-state index contributed by atoms with van der Waals surface area (Å²) >= 11 is 0. The molecule has 0 N–H and O–H groups in total. The molecule has 0 heterocycles. The van der Waals surface area contributed by atoms with Crippen molar-refractivity contribution in [1.29, 1.82) is 0 Å². The minimum absolute atomic E-state index is 0.210. The minimum Gasteiger partial charge on any atom is -0.0691 e. The molecule has 0 spiro atoms. The normalized spacial score (nSPS) is 24.2. The van der Waals surface area contributed by atoms with E-state index in [0.29, 0.717) is 0 Å². The smallest absolute Gasteiger partial charge is 0.0618 e. The van der Waals surface area contributed by atoms with Crippen molar-refractivity contribution < 1.29 is 0 Å². The van der Waals surface area contributed by atoms with Crippen LogP contribution in [0.25, 0.3) is 0 Å². The molecular formula is C26H46Si3. The van der Waals surface area contributed by atoms with Gasteiger partial charge < -0.3 is 0 Å². The van der Waals surface area contributed by atoms with E-state index in [1.165, 1.54) is 11.8 Å². The van der Waals surface area contributed by atoms with Crippen molar-refractivity contribution in [3.8, 4) is 0 Å². The number of hydrogen-bond acceptors (Lipinski definition) is 0. The van der Waals surface area contributed by atoms with Crippen molar-refractivity contribution in [2.75, 3.05) is 0 Å². The largest absolute Gasteiger partial charge is 0.0691 e. The van der Waals surface area contributed by atoms with Crippen LogP contribution in [0.5, 0.6) is 0 Å². The monoisotopic (exact) mass is 442 g/mol. The highest BCUT2D eigenvalue weighted by Crippen LogP contribution is 2.61. The van der Waals surface area contributed by atoms with Crippen LogP contribution in [-0.4, -0.2) is 24.2 Å². The van der Waals surface area contributed by atoms with Gasteiger partial charge in [-0.15, -0.1) is 0 Å². The lowest BCUT2D eigenvalue weighted by atomic mass is 9.80. The maximum atomic E-state index is 2.61. The molecule has 29 heavy (non-hydrogen) atoms. The lowest BCUT2D eigenvalue weighted by molar-refractivity contribution is 0.461. The van der Waals surface area contributed by atoms with Gasteiger partial charge in [0, 0.05) is 0 Å². The zero-order valence-corrected chi connectivity index (χ0v) is 24.8. The SMILES string of the molecule is CC(C)(C)[C]1[CH][C]([Si](C)(C)C)[C]([Si](C)(C)[C]2[CH][C](C(C)(C)C)[CH][C]2[Si](C)(C)C)[CH]1. The fraction of sp³-hybridized carbons (Fsp3) is 0.615. The summed E-state index contributed by atoms with van der Waals surface area (Å²) in [4.78, 5) is 0. The second-order valence-corrected chi connectivity index (χ2v) is 28.2. The number of rotatable bonds is 4. The van der Waals surface area contributed by atoms with Crippen molar-refractivity contribution in [2.45, 2.75) is 93.9 Å². The van der Waals surface area contributed by atoms with Gasteiger partial charge in [-0.25, -0.2) is 0 Å². The Kier molecular flexibility index (Phi) is 7.06. The molecule has 0 aromatic carbocycles. The Labute approximate surface area is 188 Å². The van der Waals surface area contributed by atoms with Crippen LogP contribution in [0.15, 0.2) is 0 Å². The maximum Gasteiger partial charge on any atom is 0.0618 e. The summed E-state index contributed by atoms with van der Waals surface area (Å²) < 4.78 is 0. The average molecular weight is 443 g/mol. The van der Waals surface area contributed by atoms with Crippen molar-refractivity contribution in [1.82, 2.24) is 0 Å². The molecule has 0 aromatic rings. The van der Waals surface area contributed by atoms with Gasteiger partial charge in [-0.3, -0.25) is 0 Å². The van der Waals surface area contributed by atoms with Crippen molar-refractivity contribution in [2.24, 2.45) is 10.8 Å². The third-order valence-electron chi connectivity index (χ3n) is 6.47. The van der Waals surface area contributed by atoms with E-state index >= 15 is 0 Å². The summed E-state index contributed by atoms with van der Waals surface area (Å²) in [5, 5.41) is 0. The van der Waals surface area contributed by atoms with E-state index in [1.807, 2.05) is 0 Å². The predicted octanol–water partition coefficient (Wildman–Crippen LogP) is 7.91. The molecule has 0 nitrogen and oxygen atoms in total. The van der Waals surface area contributed by atoms with Gasteiger partial charge in [-0.1, -0.05) is 93.9 Å². The van der Waals surface area contributed by atoms with Crippen molar-refractivity contribution in [3.63, 3.8) is 0 Å². The van der Waals surface area contributed by atoms with E-state index in [-0.39, 0.29) is 10.8 Å². The molecule has 0 atom stereocenters. The molecule has 0 bridgehead atoms. The molecule has 2 fully saturated rings. The minimum atomic E-state index is -1.81. The molecule has 0 saturated heterocycles. The van der Waals surface area contributed by atoms with Crippen LogP contribution < -0.4 is 0 Å². The maximum absolute atomic E-state index is 2.61. The fourth-order valence-electron chi connectivity index (χ4n) is 4.30. The highest BCUT2D eigenvalue weighted by molar-refractivity contribution is 6.97. The summed E-state index contributed by atoms with van der Waals surface area (Å²) in [5.41, 5.74) is 7.26. The van der Waals surface area contributed by atoms with Crippen LogP contribution in [0.2, 0.25) is 52.4 Å². The van der Waals surface area contributed by atoms with Gasteiger partial charge >= 0.3 is 0 Å². The van der Waals surface area contributed by atoms with Crippen LogP contribution >= 0.6 is 0 Å². The molecule has 0 aromatic heterocycles. The second-order valence-electron chi connectivity index (χ2n) is 13.8. The van der Waals surface area contributed by atoms with Gasteiger partial charge in [0.1, 0.15) is 0 Å².